The van der Waals surface area contributed by atoms with Gasteiger partial charge in [-0.3, -0.25) is 25.0 Å². The molecule has 15 heavy (non-hydrogen) atoms. The van der Waals surface area contributed by atoms with Crippen LogP contribution in [0.15, 0.2) is 0 Å². The van der Waals surface area contributed by atoms with Gasteiger partial charge >= 0.3 is 0 Å². The zero-order chi connectivity index (χ0) is 11.4. The number of nitrogens with one attached hydrogen (secondary N) is 2. The second kappa shape index (κ2) is 7.11. The Bertz CT molecular complexity index is 330. The van der Waals surface area contributed by atoms with E-state index in [9.17, 15) is 18.0 Å². The molecule has 9 nitrogen and oxygen atoms in total. The van der Waals surface area contributed by atoms with Crippen LogP contribution in [0.2, 0.25) is 0 Å². The van der Waals surface area contributed by atoms with Gasteiger partial charge in [0.15, 0.2) is 5.25 Å². The molecule has 0 aliphatic heterocycles. The fourth-order valence-corrected chi connectivity index (χ4v) is 1.35. The fourth-order valence-electron chi connectivity index (χ4n) is 0.654. The molecule has 0 saturated carbocycles. The van der Waals surface area contributed by atoms with E-state index < -0.39 is 33.6 Å². The molecule has 0 aromatic heterocycles. The first kappa shape index (κ1) is 17.2. The molecule has 0 rings (SSSR count). The summed E-state index contributed by atoms with van der Waals surface area (Å²) >= 11 is 0. The standard InChI is InChI=1S/C4H10N4O5S.Na/c5-7-3(9)1-2(4(10)8-6)14(11,12)13;/h2H,1,5-6H2,(H,7,9)(H,8,10)(H,11,12,13);. The van der Waals surface area contributed by atoms with Crippen LogP contribution >= 0.6 is 0 Å². The molecule has 0 aliphatic rings. The van der Waals surface area contributed by atoms with Gasteiger partial charge in [0.2, 0.25) is 5.91 Å². The second-order valence-electron chi connectivity index (χ2n) is 2.28. The molecule has 1 unspecified atom stereocenters. The summed E-state index contributed by atoms with van der Waals surface area (Å²) in [6, 6.07) is 0. The van der Waals surface area contributed by atoms with E-state index >= 15 is 0 Å². The van der Waals surface area contributed by atoms with Crippen molar-refractivity contribution in [1.29, 1.82) is 0 Å². The van der Waals surface area contributed by atoms with Crippen LogP contribution < -0.4 is 22.5 Å². The summed E-state index contributed by atoms with van der Waals surface area (Å²) < 4.78 is 29.8. The summed E-state index contributed by atoms with van der Waals surface area (Å²) in [7, 11) is -4.69. The quantitative estimate of drug-likeness (QED) is 0.112. The smallest absolute Gasteiger partial charge is 0.277 e. The minimum atomic E-state index is -4.69. The average Bonchev–Trinajstić information content (AvgIpc) is 2.10. The summed E-state index contributed by atoms with van der Waals surface area (Å²) in [6.07, 6.45) is -0.807. The molecule has 0 aliphatic carbocycles. The number of hydrazine groups is 2. The van der Waals surface area contributed by atoms with Crippen molar-refractivity contribution in [2.24, 2.45) is 11.7 Å². The first-order valence-corrected chi connectivity index (χ1v) is 4.79. The number of hydrogen-bond donors (Lipinski definition) is 5. The Labute approximate surface area is 108 Å². The van der Waals surface area contributed by atoms with Crippen molar-refractivity contribution in [2.75, 3.05) is 0 Å². The van der Waals surface area contributed by atoms with Crippen LogP contribution in [0, 0.1) is 0 Å². The monoisotopic (exact) mass is 249 g/mol. The normalized spacial score (nSPS) is 12.2. The maximum atomic E-state index is 10.8. The van der Waals surface area contributed by atoms with E-state index in [1.165, 1.54) is 5.43 Å². The van der Waals surface area contributed by atoms with Gasteiger partial charge in [-0.15, -0.1) is 0 Å². The molecule has 1 radical (unpaired) electrons. The molecule has 0 aromatic carbocycles. The SMILES string of the molecule is NNC(=O)CC(C(=O)NN)S(=O)(=O)O.[Na]. The van der Waals surface area contributed by atoms with Gasteiger partial charge in [-0.2, -0.15) is 8.42 Å². The van der Waals surface area contributed by atoms with Gasteiger partial charge in [0, 0.05) is 29.6 Å². The number of nitrogens with two attached hydrogens (primary N) is 2. The van der Waals surface area contributed by atoms with Gasteiger partial charge in [0.05, 0.1) is 6.42 Å². The molecule has 0 fully saturated rings. The first-order chi connectivity index (χ1) is 6.32. The van der Waals surface area contributed by atoms with Gasteiger partial charge in [-0.25, -0.2) is 11.7 Å². The molecule has 0 aromatic rings. The Morgan fingerprint density at radius 2 is 1.73 bits per heavy atom. The van der Waals surface area contributed by atoms with Crippen LogP contribution in [0.25, 0.3) is 0 Å². The zero-order valence-corrected chi connectivity index (χ0v) is 10.7. The molecule has 0 saturated heterocycles. The second-order valence-corrected chi connectivity index (χ2v) is 3.88. The number of rotatable bonds is 4. The molecular weight excluding hydrogens is 239 g/mol. The fraction of sp³-hybridized carbons (Fsp3) is 0.500. The Morgan fingerprint density at radius 1 is 1.27 bits per heavy atom. The van der Waals surface area contributed by atoms with E-state index in [4.69, 9.17) is 4.55 Å². The van der Waals surface area contributed by atoms with E-state index in [1.54, 1.807) is 5.43 Å². The molecule has 11 heteroatoms. The van der Waals surface area contributed by atoms with Gasteiger partial charge in [0.1, 0.15) is 0 Å². The number of carbonyl (C=O) groups excluding carboxylic acids is 2. The van der Waals surface area contributed by atoms with Gasteiger partial charge in [-0.05, 0) is 0 Å². The van der Waals surface area contributed by atoms with Crippen molar-refractivity contribution in [1.82, 2.24) is 10.9 Å². The Hall–Kier alpha value is -0.230. The molecule has 83 valence electrons. The Balaban J connectivity index is 0. The van der Waals surface area contributed by atoms with Crippen molar-refractivity contribution in [3.05, 3.63) is 0 Å². The molecular formula is C4H10N4NaO5S. The van der Waals surface area contributed by atoms with E-state index in [1.807, 2.05) is 0 Å². The maximum Gasteiger partial charge on any atom is 0.277 e. The Morgan fingerprint density at radius 3 is 2.00 bits per heavy atom. The summed E-state index contributed by atoms with van der Waals surface area (Å²) in [5.74, 6) is 7.20. The van der Waals surface area contributed by atoms with Crippen LogP contribution in [-0.4, -0.2) is 59.6 Å². The van der Waals surface area contributed by atoms with E-state index in [0.29, 0.717) is 0 Å². The van der Waals surface area contributed by atoms with Crippen LogP contribution in [-0.2, 0) is 19.7 Å². The van der Waals surface area contributed by atoms with Gasteiger partial charge in [-0.1, -0.05) is 0 Å². The van der Waals surface area contributed by atoms with Gasteiger partial charge in [0.25, 0.3) is 16.0 Å². The third-order valence-electron chi connectivity index (χ3n) is 1.33. The minimum absolute atomic E-state index is 0. The zero-order valence-electron chi connectivity index (χ0n) is 7.93. The van der Waals surface area contributed by atoms with Crippen molar-refractivity contribution in [3.8, 4) is 0 Å². The summed E-state index contributed by atoms with van der Waals surface area (Å²) in [5, 5.41) is -1.96. The van der Waals surface area contributed by atoms with Crippen LogP contribution in [0.5, 0.6) is 0 Å². The van der Waals surface area contributed by atoms with Crippen LogP contribution in [0.3, 0.4) is 0 Å². The molecule has 2 amide bonds. The molecule has 1 atom stereocenters. The number of amides is 2. The largest absolute Gasteiger partial charge is 0.294 e. The third-order valence-corrected chi connectivity index (χ3v) is 2.43. The van der Waals surface area contributed by atoms with E-state index in [-0.39, 0.29) is 29.6 Å². The molecule has 0 spiro atoms. The molecule has 0 heterocycles. The third kappa shape index (κ3) is 6.04. The summed E-state index contributed by atoms with van der Waals surface area (Å²) in [5.41, 5.74) is 3.11. The first-order valence-electron chi connectivity index (χ1n) is 3.29. The minimum Gasteiger partial charge on any atom is -0.294 e. The van der Waals surface area contributed by atoms with Crippen LogP contribution in [0.1, 0.15) is 6.42 Å². The van der Waals surface area contributed by atoms with E-state index in [0.717, 1.165) is 0 Å². The molecule has 7 N–H and O–H groups in total. The van der Waals surface area contributed by atoms with Crippen molar-refractivity contribution in [3.63, 3.8) is 0 Å². The predicted molar refractivity (Wildman–Crippen MR) is 50.4 cm³/mol. The van der Waals surface area contributed by atoms with Gasteiger partial charge < -0.3 is 0 Å². The molecule has 0 bridgehead atoms. The van der Waals surface area contributed by atoms with Crippen molar-refractivity contribution >= 4 is 51.5 Å². The van der Waals surface area contributed by atoms with Crippen LogP contribution in [0.4, 0.5) is 0 Å². The predicted octanol–water partition coefficient (Wildman–Crippen LogP) is -3.77. The topological polar surface area (TPSA) is 165 Å². The van der Waals surface area contributed by atoms with Crippen molar-refractivity contribution in [2.45, 2.75) is 11.7 Å². The number of hydrogen-bond acceptors (Lipinski definition) is 6. The van der Waals surface area contributed by atoms with E-state index in [2.05, 4.69) is 11.7 Å². The summed E-state index contributed by atoms with van der Waals surface area (Å²) in [6.45, 7) is 0. The number of carbonyl (C=O) groups is 2. The van der Waals surface area contributed by atoms with Crippen molar-refractivity contribution < 1.29 is 22.6 Å². The Kier molecular flexibility index (Phi) is 8.14. The maximum absolute atomic E-state index is 10.8. The average molecular weight is 249 g/mol. The summed E-state index contributed by atoms with van der Waals surface area (Å²) in [4.78, 5) is 21.5.